The minimum absolute atomic E-state index is 0.149. The van der Waals surface area contributed by atoms with Gasteiger partial charge in [-0.3, -0.25) is 4.79 Å². The molecule has 0 aromatic heterocycles. The average molecular weight is 369 g/mol. The fraction of sp³-hybridized carbons (Fsp3) is 0.933. The van der Waals surface area contributed by atoms with Crippen molar-refractivity contribution in [3.05, 3.63) is 0 Å². The number of sulfonamides is 1. The van der Waals surface area contributed by atoms with E-state index < -0.39 is 47.1 Å². The Labute approximate surface area is 139 Å². The van der Waals surface area contributed by atoms with E-state index in [9.17, 15) is 26.4 Å². The quantitative estimate of drug-likeness (QED) is 0.826. The number of nitrogens with zero attached hydrogens (tertiary/aromatic N) is 1. The highest BCUT2D eigenvalue weighted by molar-refractivity contribution is 7.89. The lowest BCUT2D eigenvalue weighted by molar-refractivity contribution is -0.187. The Morgan fingerprint density at radius 2 is 1.67 bits per heavy atom. The SMILES string of the molecule is O=C(O)[C@@H]1CN(S(=O)(=O)CC23CCC(CC2)CC3)C[C@H]1C(F)(F)F. The summed E-state index contributed by atoms with van der Waals surface area (Å²) < 4.78 is 65.3. The van der Waals surface area contributed by atoms with Gasteiger partial charge in [0, 0.05) is 13.1 Å². The number of carbonyl (C=O) groups is 1. The van der Waals surface area contributed by atoms with Gasteiger partial charge >= 0.3 is 12.1 Å². The van der Waals surface area contributed by atoms with Gasteiger partial charge in [0.2, 0.25) is 10.0 Å². The van der Waals surface area contributed by atoms with Crippen LogP contribution in [-0.4, -0.2) is 48.8 Å². The maximum Gasteiger partial charge on any atom is 0.393 e. The van der Waals surface area contributed by atoms with Gasteiger partial charge in [0.25, 0.3) is 0 Å². The molecule has 1 N–H and O–H groups in total. The molecule has 138 valence electrons. The second kappa shape index (κ2) is 5.86. The van der Waals surface area contributed by atoms with Crippen molar-refractivity contribution in [1.82, 2.24) is 4.31 Å². The van der Waals surface area contributed by atoms with Gasteiger partial charge < -0.3 is 5.11 Å². The van der Waals surface area contributed by atoms with Gasteiger partial charge in [0.05, 0.1) is 17.6 Å². The van der Waals surface area contributed by atoms with Crippen molar-refractivity contribution in [2.75, 3.05) is 18.8 Å². The normalized spacial score (nSPS) is 37.7. The maximum atomic E-state index is 13.1. The van der Waals surface area contributed by atoms with Crippen LogP contribution in [0.3, 0.4) is 0 Å². The average Bonchev–Trinajstić information content (AvgIpc) is 2.94. The first-order valence-electron chi connectivity index (χ1n) is 8.30. The van der Waals surface area contributed by atoms with E-state index in [0.29, 0.717) is 5.92 Å². The first kappa shape index (κ1) is 18.0. The second-order valence-electron chi connectivity index (χ2n) is 7.65. The predicted octanol–water partition coefficient (Wildman–Crippen LogP) is 2.48. The summed E-state index contributed by atoms with van der Waals surface area (Å²) in [5.74, 6) is -4.94. The fourth-order valence-corrected chi connectivity index (χ4v) is 6.78. The summed E-state index contributed by atoms with van der Waals surface area (Å²) in [6.07, 6.45) is 0.644. The van der Waals surface area contributed by atoms with Gasteiger partial charge in [0.1, 0.15) is 0 Å². The molecule has 1 heterocycles. The topological polar surface area (TPSA) is 74.7 Å². The van der Waals surface area contributed by atoms with Crippen LogP contribution in [0, 0.1) is 23.2 Å². The zero-order valence-electron chi connectivity index (χ0n) is 13.3. The molecule has 0 aromatic carbocycles. The highest BCUT2D eigenvalue weighted by Crippen LogP contribution is 2.51. The predicted molar refractivity (Wildman–Crippen MR) is 79.7 cm³/mol. The lowest BCUT2D eigenvalue weighted by Crippen LogP contribution is -2.44. The molecular weight excluding hydrogens is 347 g/mol. The van der Waals surface area contributed by atoms with Gasteiger partial charge in [-0.1, -0.05) is 0 Å². The first-order chi connectivity index (χ1) is 11.0. The van der Waals surface area contributed by atoms with Crippen LogP contribution in [0.15, 0.2) is 0 Å². The largest absolute Gasteiger partial charge is 0.481 e. The zero-order chi connectivity index (χ0) is 17.8. The third kappa shape index (κ3) is 3.29. The highest BCUT2D eigenvalue weighted by atomic mass is 32.2. The van der Waals surface area contributed by atoms with E-state index in [1.165, 1.54) is 0 Å². The third-order valence-corrected chi connectivity index (χ3v) is 8.22. The van der Waals surface area contributed by atoms with E-state index in [-0.39, 0.29) is 11.2 Å². The standard InChI is InChI=1S/C15H22F3NO4S/c16-15(17,18)12-8-19(7-11(12)13(20)21)24(22,23)9-14-4-1-10(2-5-14)3-6-14/h10-12H,1-9H2,(H,20,21)/t10?,11-,12-,14?/m1/s1. The van der Waals surface area contributed by atoms with Crippen LogP contribution in [0.25, 0.3) is 0 Å². The molecule has 3 aliphatic carbocycles. The van der Waals surface area contributed by atoms with Crippen LogP contribution in [0.5, 0.6) is 0 Å². The van der Waals surface area contributed by atoms with E-state index in [0.717, 1.165) is 42.8 Å². The Bertz CT molecular complexity index is 597. The molecule has 0 radical (unpaired) electrons. The molecule has 0 spiro atoms. The Hall–Kier alpha value is -0.830. The number of fused-ring (bicyclic) bond motifs is 3. The molecule has 4 aliphatic rings. The molecule has 2 bridgehead atoms. The minimum Gasteiger partial charge on any atom is -0.481 e. The Morgan fingerprint density at radius 3 is 2.08 bits per heavy atom. The molecule has 5 nitrogen and oxygen atoms in total. The molecule has 1 saturated heterocycles. The molecule has 4 fully saturated rings. The number of carboxylic acid groups (broad SMARTS) is 1. The Kier molecular flexibility index (Phi) is 4.39. The smallest absolute Gasteiger partial charge is 0.393 e. The summed E-state index contributed by atoms with van der Waals surface area (Å²) >= 11 is 0. The van der Waals surface area contributed by atoms with E-state index >= 15 is 0 Å². The fourth-order valence-electron chi connectivity index (χ4n) is 4.61. The molecule has 9 heteroatoms. The van der Waals surface area contributed by atoms with Crippen LogP contribution in [-0.2, 0) is 14.8 Å². The summed E-state index contributed by atoms with van der Waals surface area (Å²) in [4.78, 5) is 11.1. The van der Waals surface area contributed by atoms with Crippen molar-refractivity contribution in [2.45, 2.75) is 44.7 Å². The number of carboxylic acids is 1. The summed E-state index contributed by atoms with van der Waals surface area (Å²) in [7, 11) is -3.90. The maximum absolute atomic E-state index is 13.1. The van der Waals surface area contributed by atoms with Crippen molar-refractivity contribution in [1.29, 1.82) is 0 Å². The van der Waals surface area contributed by atoms with Gasteiger partial charge in [-0.15, -0.1) is 0 Å². The minimum atomic E-state index is -4.71. The molecule has 0 amide bonds. The van der Waals surface area contributed by atoms with Gasteiger partial charge in [-0.25, -0.2) is 12.7 Å². The van der Waals surface area contributed by atoms with Gasteiger partial charge in [0.15, 0.2) is 0 Å². The van der Waals surface area contributed by atoms with E-state index in [1.54, 1.807) is 0 Å². The van der Waals surface area contributed by atoms with Crippen molar-refractivity contribution in [3.63, 3.8) is 0 Å². The molecule has 0 unspecified atom stereocenters. The molecule has 2 atom stereocenters. The van der Waals surface area contributed by atoms with E-state index in [2.05, 4.69) is 0 Å². The Balaban J connectivity index is 1.76. The summed E-state index contributed by atoms with van der Waals surface area (Å²) in [6, 6.07) is 0. The zero-order valence-corrected chi connectivity index (χ0v) is 14.1. The van der Waals surface area contributed by atoms with Crippen LogP contribution >= 0.6 is 0 Å². The first-order valence-corrected chi connectivity index (χ1v) is 9.91. The number of hydrogen-bond donors (Lipinski definition) is 1. The van der Waals surface area contributed by atoms with Crippen LogP contribution in [0.1, 0.15) is 38.5 Å². The number of hydrogen-bond acceptors (Lipinski definition) is 3. The van der Waals surface area contributed by atoms with Crippen molar-refractivity contribution < 1.29 is 31.5 Å². The van der Waals surface area contributed by atoms with Crippen molar-refractivity contribution in [2.24, 2.45) is 23.2 Å². The number of alkyl halides is 3. The highest BCUT2D eigenvalue weighted by Gasteiger charge is 2.55. The molecule has 3 saturated carbocycles. The molecule has 24 heavy (non-hydrogen) atoms. The lowest BCUT2D eigenvalue weighted by atomic mass is 9.62. The van der Waals surface area contributed by atoms with Gasteiger partial charge in [-0.2, -0.15) is 13.2 Å². The molecule has 4 rings (SSSR count). The lowest BCUT2D eigenvalue weighted by Gasteiger charge is -2.46. The number of rotatable bonds is 4. The van der Waals surface area contributed by atoms with E-state index in [1.807, 2.05) is 0 Å². The molecule has 0 aromatic rings. The van der Waals surface area contributed by atoms with Crippen LogP contribution in [0.2, 0.25) is 0 Å². The van der Waals surface area contributed by atoms with Crippen LogP contribution < -0.4 is 0 Å². The second-order valence-corrected chi connectivity index (χ2v) is 9.62. The summed E-state index contributed by atoms with van der Waals surface area (Å²) in [6.45, 7) is -1.36. The summed E-state index contributed by atoms with van der Waals surface area (Å²) in [5.41, 5.74) is -0.331. The Morgan fingerprint density at radius 1 is 1.12 bits per heavy atom. The van der Waals surface area contributed by atoms with Crippen LogP contribution in [0.4, 0.5) is 13.2 Å². The molecular formula is C15H22F3NO4S. The molecule has 1 aliphatic heterocycles. The van der Waals surface area contributed by atoms with E-state index in [4.69, 9.17) is 5.11 Å². The number of halogens is 3. The summed E-state index contributed by atoms with van der Waals surface area (Å²) in [5, 5.41) is 9.03. The monoisotopic (exact) mass is 369 g/mol. The third-order valence-electron chi connectivity index (χ3n) is 6.15. The van der Waals surface area contributed by atoms with Crippen molar-refractivity contribution in [3.8, 4) is 0 Å². The van der Waals surface area contributed by atoms with Crippen molar-refractivity contribution >= 4 is 16.0 Å². The van der Waals surface area contributed by atoms with Gasteiger partial charge in [-0.05, 0) is 49.9 Å². The number of aliphatic carboxylic acids is 1.